The second-order valence-corrected chi connectivity index (χ2v) is 4.03. The fraction of sp³-hybridized carbons (Fsp3) is 0. The minimum Gasteiger partial charge on any atom is -0.288 e. The van der Waals surface area contributed by atoms with Crippen LogP contribution in [0, 0.1) is 0 Å². The third-order valence-electron chi connectivity index (χ3n) is 2.20. The fourth-order valence-corrected chi connectivity index (χ4v) is 1.89. The van der Waals surface area contributed by atoms with Crippen molar-refractivity contribution in [2.75, 3.05) is 0 Å². The molecule has 0 saturated carbocycles. The van der Waals surface area contributed by atoms with E-state index in [9.17, 15) is 9.59 Å². The van der Waals surface area contributed by atoms with Crippen LogP contribution in [0.15, 0.2) is 46.5 Å². The van der Waals surface area contributed by atoms with Crippen LogP contribution in [0.3, 0.4) is 0 Å². The van der Waals surface area contributed by atoms with Crippen molar-refractivity contribution >= 4 is 40.3 Å². The van der Waals surface area contributed by atoms with Gasteiger partial charge in [-0.05, 0) is 5.56 Å². The number of Topliss-reactive ketones (excluding diaryl/α,β-unsaturated/α-hetero) is 1. The van der Waals surface area contributed by atoms with Gasteiger partial charge in [-0.2, -0.15) is 0 Å². The lowest BCUT2D eigenvalue weighted by molar-refractivity contribution is -0.113. The Kier molecular flexibility index (Phi) is 2.95. The highest BCUT2D eigenvalue weighted by atomic mass is 35.5. The van der Waals surface area contributed by atoms with E-state index >= 15 is 0 Å². The number of carbonyl (C=O) groups excluding carboxylic acids is 2. The predicted octanol–water partition coefficient (Wildman–Crippen LogP) is 2.91. The van der Waals surface area contributed by atoms with E-state index in [2.05, 4.69) is 0 Å². The molecule has 0 heterocycles. The lowest BCUT2D eigenvalue weighted by atomic mass is 9.96. The Balaban J connectivity index is 2.59. The maximum absolute atomic E-state index is 11.8. The average Bonchev–Trinajstić information content (AvgIpc) is 2.28. The third-order valence-corrected chi connectivity index (χ3v) is 2.86. The van der Waals surface area contributed by atoms with Gasteiger partial charge in [-0.1, -0.05) is 53.5 Å². The molecule has 1 aliphatic carbocycles. The van der Waals surface area contributed by atoms with E-state index in [4.69, 9.17) is 23.2 Å². The van der Waals surface area contributed by atoms with Crippen molar-refractivity contribution in [3.05, 3.63) is 52.0 Å². The molecule has 0 fully saturated rings. The number of hydrogen-bond acceptors (Lipinski definition) is 2. The van der Waals surface area contributed by atoms with Gasteiger partial charge in [0.25, 0.3) is 0 Å². The van der Waals surface area contributed by atoms with Crippen LogP contribution in [0.25, 0.3) is 5.57 Å². The Bertz CT molecular complexity index is 527. The molecule has 0 N–H and O–H groups in total. The number of carbonyl (C=O) groups is 2. The van der Waals surface area contributed by atoms with Gasteiger partial charge >= 0.3 is 0 Å². The standard InChI is InChI=1S/C12H6Cl2O2/c13-8-6-9(15)11(14)10(12(8)16)7-4-2-1-3-5-7/h1-6H. The molecule has 0 aromatic heterocycles. The molecule has 0 unspecified atom stereocenters. The molecule has 80 valence electrons. The van der Waals surface area contributed by atoms with E-state index in [1.54, 1.807) is 24.3 Å². The van der Waals surface area contributed by atoms with Crippen molar-refractivity contribution in [3.63, 3.8) is 0 Å². The van der Waals surface area contributed by atoms with Crippen LogP contribution in [0.2, 0.25) is 0 Å². The van der Waals surface area contributed by atoms with Crippen LogP contribution in [0.5, 0.6) is 0 Å². The highest BCUT2D eigenvalue weighted by Crippen LogP contribution is 2.31. The first kappa shape index (κ1) is 11.1. The molecule has 1 aromatic carbocycles. The minimum absolute atomic E-state index is 0.0828. The predicted molar refractivity (Wildman–Crippen MR) is 63.2 cm³/mol. The summed E-state index contributed by atoms with van der Waals surface area (Å²) in [6.07, 6.45) is 1.04. The van der Waals surface area contributed by atoms with Crippen LogP contribution in [-0.4, -0.2) is 11.6 Å². The smallest absolute Gasteiger partial charge is 0.206 e. The number of allylic oxidation sites excluding steroid dienone is 4. The molecule has 2 rings (SSSR count). The van der Waals surface area contributed by atoms with Crippen molar-refractivity contribution < 1.29 is 9.59 Å². The van der Waals surface area contributed by atoms with Gasteiger partial charge in [0.2, 0.25) is 5.78 Å². The molecule has 0 bridgehead atoms. The van der Waals surface area contributed by atoms with Gasteiger partial charge in [0, 0.05) is 6.08 Å². The SMILES string of the molecule is O=C1C=C(Cl)C(=O)C(c2ccccc2)=C1Cl. The summed E-state index contributed by atoms with van der Waals surface area (Å²) in [6, 6.07) is 8.74. The summed E-state index contributed by atoms with van der Waals surface area (Å²) in [4.78, 5) is 23.2. The Morgan fingerprint density at radius 2 is 1.56 bits per heavy atom. The van der Waals surface area contributed by atoms with E-state index in [-0.39, 0.29) is 15.6 Å². The topological polar surface area (TPSA) is 34.1 Å². The summed E-state index contributed by atoms with van der Waals surface area (Å²) in [5, 5.41) is -0.186. The molecular formula is C12H6Cl2O2. The van der Waals surface area contributed by atoms with Crippen molar-refractivity contribution in [2.45, 2.75) is 0 Å². The molecule has 0 atom stereocenters. The van der Waals surface area contributed by atoms with Gasteiger partial charge in [-0.3, -0.25) is 9.59 Å². The lowest BCUT2D eigenvalue weighted by Gasteiger charge is -2.12. The quantitative estimate of drug-likeness (QED) is 0.721. The summed E-state index contributed by atoms with van der Waals surface area (Å²) in [5.74, 6) is -0.859. The summed E-state index contributed by atoms with van der Waals surface area (Å²) in [5.41, 5.74) is 0.761. The van der Waals surface area contributed by atoms with E-state index in [1.807, 2.05) is 6.07 Å². The molecule has 4 heteroatoms. The maximum atomic E-state index is 11.8. The van der Waals surface area contributed by atoms with Crippen molar-refractivity contribution in [1.82, 2.24) is 0 Å². The van der Waals surface area contributed by atoms with Crippen LogP contribution >= 0.6 is 23.2 Å². The largest absolute Gasteiger partial charge is 0.288 e. The van der Waals surface area contributed by atoms with Gasteiger partial charge in [0.15, 0.2) is 5.78 Å². The average molecular weight is 253 g/mol. The van der Waals surface area contributed by atoms with Crippen molar-refractivity contribution in [2.24, 2.45) is 0 Å². The zero-order valence-electron chi connectivity index (χ0n) is 8.04. The van der Waals surface area contributed by atoms with E-state index < -0.39 is 11.6 Å². The molecular weight excluding hydrogens is 247 g/mol. The molecule has 1 aromatic rings. The molecule has 0 spiro atoms. The first-order valence-corrected chi connectivity index (χ1v) is 5.28. The maximum Gasteiger partial charge on any atom is 0.206 e. The monoisotopic (exact) mass is 252 g/mol. The molecule has 2 nitrogen and oxygen atoms in total. The summed E-state index contributed by atoms with van der Waals surface area (Å²) >= 11 is 11.5. The molecule has 0 aliphatic heterocycles. The van der Waals surface area contributed by atoms with Gasteiger partial charge in [-0.25, -0.2) is 0 Å². The Morgan fingerprint density at radius 1 is 0.938 bits per heavy atom. The molecule has 1 aliphatic rings. The van der Waals surface area contributed by atoms with Crippen LogP contribution in [0.4, 0.5) is 0 Å². The van der Waals surface area contributed by atoms with E-state index in [1.165, 1.54) is 0 Å². The molecule has 16 heavy (non-hydrogen) atoms. The zero-order chi connectivity index (χ0) is 11.7. The Morgan fingerprint density at radius 3 is 2.19 bits per heavy atom. The fourth-order valence-electron chi connectivity index (χ4n) is 1.45. The second kappa shape index (κ2) is 4.24. The van der Waals surface area contributed by atoms with Crippen molar-refractivity contribution in [3.8, 4) is 0 Å². The number of rotatable bonds is 1. The van der Waals surface area contributed by atoms with Gasteiger partial charge in [0.1, 0.15) is 0 Å². The minimum atomic E-state index is -0.440. The summed E-state index contributed by atoms with van der Waals surface area (Å²) in [6.45, 7) is 0. The van der Waals surface area contributed by atoms with E-state index in [0.717, 1.165) is 6.08 Å². The molecule has 0 amide bonds. The third kappa shape index (κ3) is 1.82. The van der Waals surface area contributed by atoms with Crippen LogP contribution < -0.4 is 0 Å². The number of hydrogen-bond donors (Lipinski definition) is 0. The van der Waals surface area contributed by atoms with Gasteiger partial charge < -0.3 is 0 Å². The molecule has 0 saturated heterocycles. The zero-order valence-corrected chi connectivity index (χ0v) is 9.55. The second-order valence-electron chi connectivity index (χ2n) is 3.24. The highest BCUT2D eigenvalue weighted by molar-refractivity contribution is 6.61. The lowest BCUT2D eigenvalue weighted by Crippen LogP contribution is -2.13. The Hall–Kier alpha value is -1.38. The first-order chi connectivity index (χ1) is 7.61. The van der Waals surface area contributed by atoms with Crippen LogP contribution in [0.1, 0.15) is 5.56 Å². The number of ketones is 2. The number of halogens is 2. The summed E-state index contributed by atoms with van der Waals surface area (Å²) < 4.78 is 0. The van der Waals surface area contributed by atoms with E-state index in [0.29, 0.717) is 5.56 Å². The highest BCUT2D eigenvalue weighted by Gasteiger charge is 2.27. The summed E-state index contributed by atoms with van der Waals surface area (Å²) in [7, 11) is 0. The molecule has 0 radical (unpaired) electrons. The Labute approximate surface area is 102 Å². The van der Waals surface area contributed by atoms with Gasteiger partial charge in [0.05, 0.1) is 15.6 Å². The van der Waals surface area contributed by atoms with Crippen LogP contribution in [-0.2, 0) is 9.59 Å². The first-order valence-electron chi connectivity index (χ1n) is 4.52. The normalized spacial score (nSPS) is 16.5. The number of benzene rings is 1. The van der Waals surface area contributed by atoms with Gasteiger partial charge in [-0.15, -0.1) is 0 Å². The van der Waals surface area contributed by atoms with Crippen molar-refractivity contribution in [1.29, 1.82) is 0 Å².